The highest BCUT2D eigenvalue weighted by Gasteiger charge is 2.19. The SMILES string of the molecule is C[C@@H](O)CNc1nc2c(c(=O)n(C)c(=O)n2C)n1Cc1ccc(F)cc1. The molecule has 0 fully saturated rings. The molecular formula is C17H20FN5O3. The van der Waals surface area contributed by atoms with Crippen molar-refractivity contribution in [3.05, 3.63) is 56.5 Å². The first-order valence-corrected chi connectivity index (χ1v) is 8.12. The minimum absolute atomic E-state index is 0.223. The molecule has 0 aliphatic carbocycles. The number of benzene rings is 1. The fourth-order valence-electron chi connectivity index (χ4n) is 2.75. The van der Waals surface area contributed by atoms with Gasteiger partial charge in [0.15, 0.2) is 11.2 Å². The zero-order valence-electron chi connectivity index (χ0n) is 14.7. The standard InChI is InChI=1S/C17H20FN5O3/c1-10(24)8-19-16-20-14-13(15(25)22(3)17(26)21(14)2)23(16)9-11-4-6-12(18)7-5-11/h4-7,10,24H,8-9H2,1-3H3,(H,19,20)/t10-/m1/s1. The number of hydrogen-bond acceptors (Lipinski definition) is 5. The molecule has 0 aliphatic rings. The second-order valence-corrected chi connectivity index (χ2v) is 6.26. The van der Waals surface area contributed by atoms with Gasteiger partial charge < -0.3 is 10.4 Å². The summed E-state index contributed by atoms with van der Waals surface area (Å²) in [4.78, 5) is 29.2. The van der Waals surface area contributed by atoms with Crippen LogP contribution in [0.2, 0.25) is 0 Å². The number of fused-ring (bicyclic) bond motifs is 1. The van der Waals surface area contributed by atoms with Crippen LogP contribution in [0.3, 0.4) is 0 Å². The van der Waals surface area contributed by atoms with E-state index in [9.17, 15) is 19.1 Å². The van der Waals surface area contributed by atoms with Gasteiger partial charge in [-0.3, -0.25) is 18.5 Å². The van der Waals surface area contributed by atoms with Crippen LogP contribution in [0.15, 0.2) is 33.9 Å². The summed E-state index contributed by atoms with van der Waals surface area (Å²) in [7, 11) is 2.94. The third-order valence-corrected chi connectivity index (χ3v) is 4.16. The maximum Gasteiger partial charge on any atom is 0.332 e. The molecule has 26 heavy (non-hydrogen) atoms. The van der Waals surface area contributed by atoms with Crippen LogP contribution in [0.25, 0.3) is 11.2 Å². The molecule has 1 atom stereocenters. The van der Waals surface area contributed by atoms with Crippen LogP contribution in [0.4, 0.5) is 10.3 Å². The van der Waals surface area contributed by atoms with Crippen LogP contribution in [-0.4, -0.2) is 36.4 Å². The van der Waals surface area contributed by atoms with E-state index in [0.717, 1.165) is 10.1 Å². The minimum Gasteiger partial charge on any atom is -0.392 e. The second-order valence-electron chi connectivity index (χ2n) is 6.26. The molecule has 2 heterocycles. The fourth-order valence-corrected chi connectivity index (χ4v) is 2.75. The fraction of sp³-hybridized carbons (Fsp3) is 0.353. The summed E-state index contributed by atoms with van der Waals surface area (Å²) in [6, 6.07) is 5.91. The Kier molecular flexibility index (Phi) is 4.64. The van der Waals surface area contributed by atoms with Crippen LogP contribution < -0.4 is 16.6 Å². The van der Waals surface area contributed by atoms with Crippen molar-refractivity contribution >= 4 is 17.1 Å². The predicted octanol–water partition coefficient (Wildman–Crippen LogP) is 0.414. The first-order chi connectivity index (χ1) is 12.3. The number of halogens is 1. The molecule has 0 spiro atoms. The molecule has 2 aromatic heterocycles. The summed E-state index contributed by atoms with van der Waals surface area (Å²) < 4.78 is 17.1. The van der Waals surface area contributed by atoms with Crippen molar-refractivity contribution in [2.45, 2.75) is 19.6 Å². The molecule has 3 rings (SSSR count). The average Bonchev–Trinajstić information content (AvgIpc) is 2.96. The van der Waals surface area contributed by atoms with Gasteiger partial charge in [0.1, 0.15) is 5.82 Å². The Bertz CT molecular complexity index is 1060. The number of hydrogen-bond donors (Lipinski definition) is 2. The van der Waals surface area contributed by atoms with E-state index in [1.165, 1.54) is 30.8 Å². The van der Waals surface area contributed by atoms with Gasteiger partial charge in [-0.15, -0.1) is 0 Å². The topological polar surface area (TPSA) is 94.1 Å². The van der Waals surface area contributed by atoms with E-state index >= 15 is 0 Å². The Morgan fingerprint density at radius 3 is 2.46 bits per heavy atom. The molecule has 0 aliphatic heterocycles. The quantitative estimate of drug-likeness (QED) is 0.687. The van der Waals surface area contributed by atoms with Crippen LogP contribution in [-0.2, 0) is 20.6 Å². The van der Waals surface area contributed by atoms with Crippen molar-refractivity contribution in [3.63, 3.8) is 0 Å². The number of rotatable bonds is 5. The smallest absolute Gasteiger partial charge is 0.332 e. The molecule has 138 valence electrons. The summed E-state index contributed by atoms with van der Waals surface area (Å²) in [5, 5.41) is 12.5. The Morgan fingerprint density at radius 2 is 1.85 bits per heavy atom. The second kappa shape index (κ2) is 6.75. The molecule has 9 heteroatoms. The number of nitrogens with zero attached hydrogens (tertiary/aromatic N) is 4. The summed E-state index contributed by atoms with van der Waals surface area (Å²) in [6.45, 7) is 2.10. The lowest BCUT2D eigenvalue weighted by atomic mass is 10.2. The van der Waals surface area contributed by atoms with Crippen molar-refractivity contribution in [1.82, 2.24) is 18.7 Å². The van der Waals surface area contributed by atoms with Crippen molar-refractivity contribution in [2.24, 2.45) is 14.1 Å². The molecule has 0 unspecified atom stereocenters. The maximum atomic E-state index is 13.2. The third kappa shape index (κ3) is 3.13. The van der Waals surface area contributed by atoms with Crippen LogP contribution in [0, 0.1) is 5.82 Å². The van der Waals surface area contributed by atoms with Crippen LogP contribution in [0.5, 0.6) is 0 Å². The molecule has 0 amide bonds. The monoisotopic (exact) mass is 361 g/mol. The molecule has 0 saturated heterocycles. The Hall–Kier alpha value is -2.94. The van der Waals surface area contributed by atoms with Crippen LogP contribution >= 0.6 is 0 Å². The zero-order valence-corrected chi connectivity index (χ0v) is 14.7. The lowest BCUT2D eigenvalue weighted by molar-refractivity contribution is 0.208. The Morgan fingerprint density at radius 1 is 1.19 bits per heavy atom. The molecule has 0 bridgehead atoms. The highest BCUT2D eigenvalue weighted by Crippen LogP contribution is 2.18. The van der Waals surface area contributed by atoms with E-state index < -0.39 is 17.4 Å². The largest absolute Gasteiger partial charge is 0.392 e. The number of aryl methyl sites for hydroxylation is 1. The van der Waals surface area contributed by atoms with E-state index in [1.54, 1.807) is 23.6 Å². The van der Waals surface area contributed by atoms with E-state index in [2.05, 4.69) is 10.3 Å². The minimum atomic E-state index is -0.624. The Balaban J connectivity index is 2.22. The molecule has 1 aromatic carbocycles. The average molecular weight is 361 g/mol. The Labute approximate surface area is 148 Å². The highest BCUT2D eigenvalue weighted by atomic mass is 19.1. The number of aliphatic hydroxyl groups is 1. The van der Waals surface area contributed by atoms with E-state index in [4.69, 9.17) is 0 Å². The highest BCUT2D eigenvalue weighted by molar-refractivity contribution is 5.74. The van der Waals surface area contributed by atoms with Gasteiger partial charge in [0.2, 0.25) is 5.95 Å². The van der Waals surface area contributed by atoms with Crippen LogP contribution in [0.1, 0.15) is 12.5 Å². The van der Waals surface area contributed by atoms with Gasteiger partial charge in [0.25, 0.3) is 5.56 Å². The van der Waals surface area contributed by atoms with E-state index in [1.807, 2.05) is 0 Å². The summed E-state index contributed by atoms with van der Waals surface area (Å²) in [6.07, 6.45) is -0.624. The maximum absolute atomic E-state index is 13.2. The molecule has 0 radical (unpaired) electrons. The van der Waals surface area contributed by atoms with E-state index in [-0.39, 0.29) is 30.1 Å². The van der Waals surface area contributed by atoms with Gasteiger partial charge in [-0.2, -0.15) is 4.98 Å². The normalized spacial score (nSPS) is 12.5. The number of imidazole rings is 1. The molecule has 2 N–H and O–H groups in total. The third-order valence-electron chi connectivity index (χ3n) is 4.16. The zero-order chi connectivity index (χ0) is 19.0. The lowest BCUT2D eigenvalue weighted by Gasteiger charge is -2.12. The number of aromatic nitrogens is 4. The molecule has 0 saturated carbocycles. The number of anilines is 1. The predicted molar refractivity (Wildman–Crippen MR) is 95.9 cm³/mol. The summed E-state index contributed by atoms with van der Waals surface area (Å²) >= 11 is 0. The van der Waals surface area contributed by atoms with Crippen molar-refractivity contribution < 1.29 is 9.50 Å². The van der Waals surface area contributed by atoms with Gasteiger partial charge in [0.05, 0.1) is 12.6 Å². The van der Waals surface area contributed by atoms with E-state index in [0.29, 0.717) is 5.95 Å². The lowest BCUT2D eigenvalue weighted by Crippen LogP contribution is -2.37. The van der Waals surface area contributed by atoms with Gasteiger partial charge in [0, 0.05) is 20.6 Å². The van der Waals surface area contributed by atoms with Gasteiger partial charge >= 0.3 is 5.69 Å². The summed E-state index contributed by atoms with van der Waals surface area (Å²) in [5.74, 6) is -0.00136. The van der Waals surface area contributed by atoms with Gasteiger partial charge in [-0.05, 0) is 24.6 Å². The first-order valence-electron chi connectivity index (χ1n) is 8.12. The summed E-state index contributed by atoms with van der Waals surface area (Å²) in [5.41, 5.74) is 0.320. The van der Waals surface area contributed by atoms with Gasteiger partial charge in [-0.25, -0.2) is 9.18 Å². The molecular weight excluding hydrogens is 341 g/mol. The first kappa shape index (κ1) is 17.9. The van der Waals surface area contributed by atoms with Gasteiger partial charge in [-0.1, -0.05) is 12.1 Å². The van der Waals surface area contributed by atoms with Crippen molar-refractivity contribution in [3.8, 4) is 0 Å². The number of aliphatic hydroxyl groups excluding tert-OH is 1. The molecule has 3 aromatic rings. The van der Waals surface area contributed by atoms with Crippen molar-refractivity contribution in [1.29, 1.82) is 0 Å². The molecule has 8 nitrogen and oxygen atoms in total. The van der Waals surface area contributed by atoms with Crippen molar-refractivity contribution in [2.75, 3.05) is 11.9 Å². The number of nitrogens with one attached hydrogen (secondary N) is 1.